The summed E-state index contributed by atoms with van der Waals surface area (Å²) < 4.78 is 11.7. The van der Waals surface area contributed by atoms with E-state index in [4.69, 9.17) is 9.47 Å². The van der Waals surface area contributed by atoms with Crippen molar-refractivity contribution in [3.05, 3.63) is 0 Å². The highest BCUT2D eigenvalue weighted by atomic mass is 16.5. The van der Waals surface area contributed by atoms with Crippen LogP contribution in [0.4, 0.5) is 0 Å². The highest BCUT2D eigenvalue weighted by Crippen LogP contribution is 2.35. The van der Waals surface area contributed by atoms with Crippen molar-refractivity contribution in [1.29, 1.82) is 0 Å². The van der Waals surface area contributed by atoms with Crippen molar-refractivity contribution < 1.29 is 23.9 Å². The van der Waals surface area contributed by atoms with Gasteiger partial charge in [-0.05, 0) is 175 Å². The first-order valence-corrected chi connectivity index (χ1v) is 21.7. The standard InChI is InChI=1S/C44H89N7O5/c1-39(2,3)47-28-20-18-24-34(50-41(7,8)9)37(53)49-33(36(52)46-30-25-43(12,13)56-31-26-42(10,11)55-16)23-17-19-27-45-38(54)35-32(44(14,15)51-35)22-21-29-48-40(4,5)6/h32-35,47-48,50-51H,17-31H2,1-16H3,(H,45,54)(H,46,52)(H,49,53)/t32-,33?,34?,35?/m0/s1. The van der Waals surface area contributed by atoms with E-state index in [0.29, 0.717) is 51.8 Å². The Morgan fingerprint density at radius 2 is 1.20 bits per heavy atom. The number of methoxy groups -OCH3 is 1. The minimum Gasteiger partial charge on any atom is -0.379 e. The van der Waals surface area contributed by atoms with E-state index < -0.39 is 17.7 Å². The van der Waals surface area contributed by atoms with Gasteiger partial charge in [0, 0.05) is 48.3 Å². The minimum absolute atomic E-state index is 0.0325. The van der Waals surface area contributed by atoms with Crippen molar-refractivity contribution in [1.82, 2.24) is 37.2 Å². The monoisotopic (exact) mass is 796 g/mol. The SMILES string of the molecule is COC(C)(C)CCOC(C)(C)CCNC(=O)C(CCCCNC(=O)C1NC(C)(C)[C@H]1CCCNC(C)(C)C)NC(=O)C(CCCCNC(C)(C)C)NC(C)(C)C. The van der Waals surface area contributed by atoms with Crippen molar-refractivity contribution in [2.24, 2.45) is 5.92 Å². The summed E-state index contributed by atoms with van der Waals surface area (Å²) in [5, 5.41) is 23.4. The maximum Gasteiger partial charge on any atom is 0.242 e. The summed E-state index contributed by atoms with van der Waals surface area (Å²) >= 11 is 0. The quantitative estimate of drug-likeness (QED) is 0.0518. The Balaban J connectivity index is 2.87. The molecule has 0 aromatic rings. The molecule has 330 valence electrons. The van der Waals surface area contributed by atoms with Gasteiger partial charge in [0.15, 0.2) is 0 Å². The zero-order valence-corrected chi connectivity index (χ0v) is 39.0. The molecule has 0 radical (unpaired) electrons. The van der Waals surface area contributed by atoms with Crippen LogP contribution < -0.4 is 37.2 Å². The summed E-state index contributed by atoms with van der Waals surface area (Å²) in [6, 6.07) is -1.33. The van der Waals surface area contributed by atoms with Gasteiger partial charge in [-0.15, -0.1) is 0 Å². The second kappa shape index (κ2) is 23.1. The number of hydrogen-bond acceptors (Lipinski definition) is 9. The third-order valence-electron chi connectivity index (χ3n) is 10.6. The van der Waals surface area contributed by atoms with Gasteiger partial charge < -0.3 is 46.7 Å². The summed E-state index contributed by atoms with van der Waals surface area (Å²) in [5.41, 5.74) is -0.937. The smallest absolute Gasteiger partial charge is 0.242 e. The third kappa shape index (κ3) is 22.9. The molecule has 1 aliphatic heterocycles. The van der Waals surface area contributed by atoms with Gasteiger partial charge in [0.2, 0.25) is 17.7 Å². The molecule has 0 bridgehead atoms. The number of hydrogen-bond donors (Lipinski definition) is 7. The maximum atomic E-state index is 13.9. The molecule has 1 aliphatic rings. The number of carbonyl (C=O) groups excluding carboxylic acids is 3. The van der Waals surface area contributed by atoms with Crippen LogP contribution in [0, 0.1) is 5.92 Å². The predicted octanol–water partition coefficient (Wildman–Crippen LogP) is 5.72. The number of nitrogens with one attached hydrogen (secondary N) is 7. The van der Waals surface area contributed by atoms with E-state index in [9.17, 15) is 14.4 Å². The van der Waals surface area contributed by atoms with Crippen LogP contribution in [0.3, 0.4) is 0 Å². The second-order valence-corrected chi connectivity index (χ2v) is 21.1. The molecule has 1 heterocycles. The lowest BCUT2D eigenvalue weighted by Gasteiger charge is -2.52. The van der Waals surface area contributed by atoms with Gasteiger partial charge in [-0.1, -0.05) is 6.42 Å². The Hall–Kier alpha value is -1.83. The van der Waals surface area contributed by atoms with Gasteiger partial charge in [-0.2, -0.15) is 0 Å². The van der Waals surface area contributed by atoms with E-state index in [2.05, 4.69) is 113 Å². The molecule has 0 aromatic heterocycles. The topological polar surface area (TPSA) is 154 Å². The Kier molecular flexibility index (Phi) is 21.5. The summed E-state index contributed by atoms with van der Waals surface area (Å²) in [5.74, 6) is -0.0640. The number of amides is 3. The van der Waals surface area contributed by atoms with E-state index in [0.717, 1.165) is 45.2 Å². The molecule has 1 saturated heterocycles. The van der Waals surface area contributed by atoms with Crippen LogP contribution in [0.2, 0.25) is 0 Å². The number of carbonyl (C=O) groups is 3. The Morgan fingerprint density at radius 1 is 0.643 bits per heavy atom. The molecule has 12 heteroatoms. The molecule has 3 unspecified atom stereocenters. The van der Waals surface area contributed by atoms with Gasteiger partial charge in [-0.3, -0.25) is 14.4 Å². The first-order valence-electron chi connectivity index (χ1n) is 21.7. The molecule has 0 spiro atoms. The molecule has 7 N–H and O–H groups in total. The Morgan fingerprint density at radius 3 is 1.73 bits per heavy atom. The van der Waals surface area contributed by atoms with E-state index >= 15 is 0 Å². The van der Waals surface area contributed by atoms with E-state index in [1.807, 2.05) is 27.7 Å². The average molecular weight is 796 g/mol. The van der Waals surface area contributed by atoms with Gasteiger partial charge in [0.05, 0.1) is 29.9 Å². The van der Waals surface area contributed by atoms with Crippen molar-refractivity contribution in [3.8, 4) is 0 Å². The van der Waals surface area contributed by atoms with Gasteiger partial charge in [0.1, 0.15) is 6.04 Å². The maximum absolute atomic E-state index is 13.9. The van der Waals surface area contributed by atoms with Crippen LogP contribution in [0.15, 0.2) is 0 Å². The first-order chi connectivity index (χ1) is 25.6. The van der Waals surface area contributed by atoms with Crippen LogP contribution in [-0.4, -0.2) is 109 Å². The minimum atomic E-state index is -0.697. The molecule has 1 fully saturated rings. The molecule has 0 aromatic carbocycles. The Bertz CT molecular complexity index is 1170. The first kappa shape index (κ1) is 52.2. The zero-order valence-electron chi connectivity index (χ0n) is 39.0. The van der Waals surface area contributed by atoms with Crippen molar-refractivity contribution >= 4 is 17.7 Å². The van der Waals surface area contributed by atoms with Crippen molar-refractivity contribution in [2.45, 2.75) is 220 Å². The van der Waals surface area contributed by atoms with E-state index in [-0.39, 0.29) is 57.4 Å². The molecule has 1 rings (SSSR count). The lowest BCUT2D eigenvalue weighted by Crippen LogP contribution is -2.72. The number of rotatable bonds is 27. The van der Waals surface area contributed by atoms with Crippen molar-refractivity contribution in [3.63, 3.8) is 0 Å². The zero-order chi connectivity index (χ0) is 43.0. The number of ether oxygens (including phenoxy) is 2. The largest absolute Gasteiger partial charge is 0.379 e. The summed E-state index contributed by atoms with van der Waals surface area (Å²) in [6.07, 6.45) is 7.71. The van der Waals surface area contributed by atoms with Crippen LogP contribution in [-0.2, 0) is 23.9 Å². The third-order valence-corrected chi connectivity index (χ3v) is 10.6. The molecule has 56 heavy (non-hydrogen) atoms. The fraction of sp³-hybridized carbons (Fsp3) is 0.932. The molecule has 4 atom stereocenters. The predicted molar refractivity (Wildman–Crippen MR) is 232 cm³/mol. The molecule has 3 amide bonds. The summed E-state index contributed by atoms with van der Waals surface area (Å²) in [4.78, 5) is 40.8. The van der Waals surface area contributed by atoms with Crippen LogP contribution >= 0.6 is 0 Å². The van der Waals surface area contributed by atoms with E-state index in [1.165, 1.54) is 0 Å². The van der Waals surface area contributed by atoms with Gasteiger partial charge >= 0.3 is 0 Å². The highest BCUT2D eigenvalue weighted by molar-refractivity contribution is 5.89. The Labute approximate surface area is 343 Å². The lowest BCUT2D eigenvalue weighted by atomic mass is 9.70. The molecule has 12 nitrogen and oxygen atoms in total. The average Bonchev–Trinajstić information content (AvgIpc) is 3.03. The van der Waals surface area contributed by atoms with Gasteiger partial charge in [-0.25, -0.2) is 0 Å². The summed E-state index contributed by atoms with van der Waals surface area (Å²) in [6.45, 7) is 34.9. The van der Waals surface area contributed by atoms with Crippen molar-refractivity contribution in [2.75, 3.05) is 39.9 Å². The fourth-order valence-electron chi connectivity index (χ4n) is 6.91. The fourth-order valence-corrected chi connectivity index (χ4v) is 6.91. The molecule has 0 aliphatic carbocycles. The number of unbranched alkanes of at least 4 members (excludes halogenated alkanes) is 2. The lowest BCUT2D eigenvalue weighted by molar-refractivity contribution is -0.131. The van der Waals surface area contributed by atoms with Crippen LogP contribution in [0.1, 0.15) is 168 Å². The molecular weight excluding hydrogens is 707 g/mol. The summed E-state index contributed by atoms with van der Waals surface area (Å²) in [7, 11) is 1.70. The molecule has 0 saturated carbocycles. The normalized spacial score (nSPS) is 18.9. The van der Waals surface area contributed by atoms with Gasteiger partial charge in [0.25, 0.3) is 0 Å². The molecular formula is C44H89N7O5. The second-order valence-electron chi connectivity index (χ2n) is 21.1. The van der Waals surface area contributed by atoms with Crippen LogP contribution in [0.5, 0.6) is 0 Å². The van der Waals surface area contributed by atoms with Crippen LogP contribution in [0.25, 0.3) is 0 Å². The highest BCUT2D eigenvalue weighted by Gasteiger charge is 2.49. The van der Waals surface area contributed by atoms with E-state index in [1.54, 1.807) is 7.11 Å².